The quantitative estimate of drug-likeness (QED) is 0.530. The van der Waals surface area contributed by atoms with E-state index in [-0.39, 0.29) is 6.04 Å². The van der Waals surface area contributed by atoms with E-state index in [0.717, 1.165) is 12.3 Å². The number of hydrogen-bond donors (Lipinski definition) is 1. The summed E-state index contributed by atoms with van der Waals surface area (Å²) in [6.45, 7) is 5.01. The van der Waals surface area contributed by atoms with Gasteiger partial charge in [0, 0.05) is 25.4 Å². The van der Waals surface area contributed by atoms with Gasteiger partial charge in [0.25, 0.3) is 0 Å². The smallest absolute Gasteiger partial charge is 0.191 e. The topological polar surface area (TPSA) is 41.6 Å². The van der Waals surface area contributed by atoms with Crippen molar-refractivity contribution in [3.63, 3.8) is 0 Å². The van der Waals surface area contributed by atoms with Crippen molar-refractivity contribution in [3.05, 3.63) is 0 Å². The van der Waals surface area contributed by atoms with Crippen molar-refractivity contribution in [3.8, 4) is 0 Å². The molecule has 12 heavy (non-hydrogen) atoms. The van der Waals surface area contributed by atoms with Gasteiger partial charge in [0.2, 0.25) is 0 Å². The molecule has 0 aliphatic rings. The van der Waals surface area contributed by atoms with Crippen molar-refractivity contribution in [2.75, 3.05) is 25.6 Å². The molecule has 0 spiro atoms. The van der Waals surface area contributed by atoms with E-state index in [1.807, 2.05) is 37.6 Å². The number of thioether (sulfide) groups is 1. The van der Waals surface area contributed by atoms with Crippen LogP contribution in [0.4, 0.5) is 0 Å². The van der Waals surface area contributed by atoms with E-state index in [4.69, 9.17) is 5.73 Å². The molecule has 0 atom stereocenters. The van der Waals surface area contributed by atoms with Crippen LogP contribution in [0, 0.1) is 0 Å². The van der Waals surface area contributed by atoms with Gasteiger partial charge in [0.1, 0.15) is 0 Å². The fourth-order valence-corrected chi connectivity index (χ4v) is 1.16. The number of guanidine groups is 1. The van der Waals surface area contributed by atoms with Crippen LogP contribution in [0.5, 0.6) is 0 Å². The minimum Gasteiger partial charge on any atom is -0.370 e. The molecule has 0 fully saturated rings. The van der Waals surface area contributed by atoms with Gasteiger partial charge in [-0.2, -0.15) is 11.8 Å². The van der Waals surface area contributed by atoms with Crippen LogP contribution in [0.25, 0.3) is 0 Å². The lowest BCUT2D eigenvalue weighted by Crippen LogP contribution is -2.36. The Labute approximate surface area is 79.4 Å². The van der Waals surface area contributed by atoms with Gasteiger partial charge < -0.3 is 10.6 Å². The third-order valence-corrected chi connectivity index (χ3v) is 2.00. The molecule has 72 valence electrons. The minimum absolute atomic E-state index is 0.279. The third kappa shape index (κ3) is 5.29. The number of nitrogens with zero attached hydrogens (tertiary/aromatic N) is 2. The minimum atomic E-state index is 0.279. The molecule has 0 amide bonds. The second kappa shape index (κ2) is 6.17. The summed E-state index contributed by atoms with van der Waals surface area (Å²) >= 11 is 1.81. The first kappa shape index (κ1) is 11.6. The molecule has 0 saturated carbocycles. The highest BCUT2D eigenvalue weighted by atomic mass is 32.2. The summed E-state index contributed by atoms with van der Waals surface area (Å²) in [5, 5.41) is 0. The lowest BCUT2D eigenvalue weighted by molar-refractivity contribution is 0.527. The van der Waals surface area contributed by atoms with Crippen molar-refractivity contribution in [1.82, 2.24) is 4.90 Å². The van der Waals surface area contributed by atoms with Crippen LogP contribution in [0.2, 0.25) is 0 Å². The zero-order valence-electron chi connectivity index (χ0n) is 8.37. The molecule has 0 aromatic rings. The summed E-state index contributed by atoms with van der Waals surface area (Å²) in [4.78, 5) is 6.22. The molecule has 0 bridgehead atoms. The average Bonchev–Trinajstić information content (AvgIpc) is 1.98. The molecule has 4 heteroatoms. The van der Waals surface area contributed by atoms with E-state index in [0.29, 0.717) is 5.96 Å². The predicted molar refractivity (Wildman–Crippen MR) is 57.8 cm³/mol. The Hall–Kier alpha value is -0.380. The molecule has 0 aromatic carbocycles. The fourth-order valence-electron chi connectivity index (χ4n) is 0.706. The highest BCUT2D eigenvalue weighted by Gasteiger charge is 2.00. The number of nitrogens with two attached hydrogens (primary N) is 1. The van der Waals surface area contributed by atoms with Crippen LogP contribution in [0.1, 0.15) is 13.8 Å². The Bertz CT molecular complexity index is 145. The Kier molecular flexibility index (Phi) is 5.98. The summed E-state index contributed by atoms with van der Waals surface area (Å²) < 4.78 is 0. The maximum absolute atomic E-state index is 5.73. The molecule has 0 aliphatic carbocycles. The van der Waals surface area contributed by atoms with E-state index in [2.05, 4.69) is 11.2 Å². The second-order valence-electron chi connectivity index (χ2n) is 3.00. The summed E-state index contributed by atoms with van der Waals surface area (Å²) in [5.41, 5.74) is 5.73. The predicted octanol–water partition coefficient (Wildman–Crippen LogP) is 1.00. The van der Waals surface area contributed by atoms with E-state index in [1.165, 1.54) is 0 Å². The Balaban J connectivity index is 3.83. The molecule has 0 unspecified atom stereocenters. The summed E-state index contributed by atoms with van der Waals surface area (Å²) in [7, 11) is 1.97. The van der Waals surface area contributed by atoms with E-state index >= 15 is 0 Å². The van der Waals surface area contributed by atoms with E-state index in [9.17, 15) is 0 Å². The largest absolute Gasteiger partial charge is 0.370 e. The SMILES string of the molecule is CSCCN(C)C(N)=NC(C)C. The Morgan fingerprint density at radius 2 is 2.17 bits per heavy atom. The number of aliphatic imine (C=N–C) groups is 1. The molecular formula is C8H19N3S. The molecule has 0 heterocycles. The van der Waals surface area contributed by atoms with E-state index < -0.39 is 0 Å². The van der Waals surface area contributed by atoms with Gasteiger partial charge in [-0.25, -0.2) is 0 Å². The molecule has 0 radical (unpaired) electrons. The van der Waals surface area contributed by atoms with Crippen molar-refractivity contribution < 1.29 is 0 Å². The zero-order valence-corrected chi connectivity index (χ0v) is 9.19. The van der Waals surface area contributed by atoms with Crippen LogP contribution in [0.15, 0.2) is 4.99 Å². The van der Waals surface area contributed by atoms with Crippen LogP contribution in [-0.2, 0) is 0 Å². The Morgan fingerprint density at radius 3 is 2.58 bits per heavy atom. The molecule has 0 aromatic heterocycles. The summed E-state index contributed by atoms with van der Waals surface area (Å²) in [5.74, 6) is 1.73. The van der Waals surface area contributed by atoms with Crippen LogP contribution >= 0.6 is 11.8 Å². The van der Waals surface area contributed by atoms with Crippen molar-refractivity contribution >= 4 is 17.7 Å². The molecule has 0 rings (SSSR count). The van der Waals surface area contributed by atoms with Gasteiger partial charge >= 0.3 is 0 Å². The van der Waals surface area contributed by atoms with Gasteiger partial charge in [-0.15, -0.1) is 0 Å². The molecule has 0 saturated heterocycles. The molecule has 3 nitrogen and oxygen atoms in total. The van der Waals surface area contributed by atoms with Gasteiger partial charge in [-0.3, -0.25) is 4.99 Å². The van der Waals surface area contributed by atoms with Gasteiger partial charge in [-0.05, 0) is 20.1 Å². The fraction of sp³-hybridized carbons (Fsp3) is 0.875. The maximum Gasteiger partial charge on any atom is 0.191 e. The van der Waals surface area contributed by atoms with Crippen molar-refractivity contribution in [2.45, 2.75) is 19.9 Å². The van der Waals surface area contributed by atoms with Crippen molar-refractivity contribution in [1.29, 1.82) is 0 Å². The Morgan fingerprint density at radius 1 is 1.58 bits per heavy atom. The maximum atomic E-state index is 5.73. The first-order valence-corrected chi connectivity index (χ1v) is 5.50. The first-order valence-electron chi connectivity index (χ1n) is 4.11. The van der Waals surface area contributed by atoms with Gasteiger partial charge in [0.15, 0.2) is 5.96 Å². The highest BCUT2D eigenvalue weighted by molar-refractivity contribution is 7.98. The molecule has 0 aliphatic heterocycles. The summed E-state index contributed by atoms with van der Waals surface area (Å²) in [6.07, 6.45) is 2.09. The summed E-state index contributed by atoms with van der Waals surface area (Å²) in [6, 6.07) is 0.279. The number of rotatable bonds is 4. The lowest BCUT2D eigenvalue weighted by Gasteiger charge is -2.17. The highest BCUT2D eigenvalue weighted by Crippen LogP contribution is 1.94. The average molecular weight is 189 g/mol. The van der Waals surface area contributed by atoms with Crippen LogP contribution < -0.4 is 5.73 Å². The normalized spacial score (nSPS) is 12.2. The second-order valence-corrected chi connectivity index (χ2v) is 3.98. The number of hydrogen-bond acceptors (Lipinski definition) is 2. The monoisotopic (exact) mass is 189 g/mol. The first-order chi connectivity index (χ1) is 5.57. The third-order valence-electron chi connectivity index (χ3n) is 1.41. The van der Waals surface area contributed by atoms with Crippen LogP contribution in [-0.4, -0.2) is 42.5 Å². The zero-order chi connectivity index (χ0) is 9.56. The molecular weight excluding hydrogens is 170 g/mol. The lowest BCUT2D eigenvalue weighted by atomic mass is 10.4. The standard InChI is InChI=1S/C8H19N3S/c1-7(2)10-8(9)11(3)5-6-12-4/h7H,5-6H2,1-4H3,(H2,9,10). The van der Waals surface area contributed by atoms with Gasteiger partial charge in [-0.1, -0.05) is 0 Å². The molecule has 2 N–H and O–H groups in total. The van der Waals surface area contributed by atoms with Crippen molar-refractivity contribution in [2.24, 2.45) is 10.7 Å². The van der Waals surface area contributed by atoms with Crippen LogP contribution in [0.3, 0.4) is 0 Å². The van der Waals surface area contributed by atoms with Gasteiger partial charge in [0.05, 0.1) is 0 Å². The van der Waals surface area contributed by atoms with E-state index in [1.54, 1.807) is 0 Å².